The number of nitrogens with one attached hydrogen (secondary N) is 1. The fraction of sp³-hybridized carbons (Fsp3) is 0.308. The zero-order chi connectivity index (χ0) is 14.3. The molecule has 0 radical (unpaired) electrons. The molecule has 19 heavy (non-hydrogen) atoms. The lowest BCUT2D eigenvalue weighted by Gasteiger charge is -2.00. The minimum absolute atomic E-state index is 0.0643. The van der Waals surface area contributed by atoms with Crippen LogP contribution in [-0.2, 0) is 4.79 Å². The number of nitro benzene ring substituents is 1. The summed E-state index contributed by atoms with van der Waals surface area (Å²) in [5.41, 5.74) is 0.444. The number of ether oxygens (including phenoxy) is 1. The fourth-order valence-corrected chi connectivity index (χ4v) is 1.34. The predicted molar refractivity (Wildman–Crippen MR) is 69.8 cm³/mol. The van der Waals surface area contributed by atoms with Crippen molar-refractivity contribution in [2.75, 3.05) is 13.7 Å². The molecular weight excluding hydrogens is 248 g/mol. The molecule has 0 heterocycles. The molecule has 1 aromatic rings. The third-order valence-corrected chi connectivity index (χ3v) is 2.19. The summed E-state index contributed by atoms with van der Waals surface area (Å²) in [4.78, 5) is 20.9. The molecule has 0 aliphatic heterocycles. The van der Waals surface area contributed by atoms with Gasteiger partial charge in [-0.05, 0) is 6.07 Å². The summed E-state index contributed by atoms with van der Waals surface area (Å²) in [7, 11) is 1.44. The Kier molecular flexibility index (Phi) is 5.35. The second kappa shape index (κ2) is 7.01. The average Bonchev–Trinajstić information content (AvgIpc) is 2.37. The van der Waals surface area contributed by atoms with E-state index in [2.05, 4.69) is 17.2 Å². The van der Waals surface area contributed by atoms with Crippen LogP contribution in [0.15, 0.2) is 18.2 Å². The summed E-state index contributed by atoms with van der Waals surface area (Å²) >= 11 is 0. The normalized spacial score (nSPS) is 9.16. The van der Waals surface area contributed by atoms with Crippen LogP contribution < -0.4 is 10.1 Å². The van der Waals surface area contributed by atoms with Gasteiger partial charge in [-0.1, -0.05) is 11.8 Å². The summed E-state index contributed by atoms with van der Waals surface area (Å²) in [5, 5.41) is 13.3. The first-order valence-electron chi connectivity index (χ1n) is 5.59. The van der Waals surface area contributed by atoms with Crippen molar-refractivity contribution in [1.29, 1.82) is 0 Å². The lowest BCUT2D eigenvalue weighted by molar-refractivity contribution is -0.384. The third-order valence-electron chi connectivity index (χ3n) is 2.19. The van der Waals surface area contributed by atoms with Gasteiger partial charge in [-0.25, -0.2) is 0 Å². The van der Waals surface area contributed by atoms with Crippen LogP contribution in [0.5, 0.6) is 5.75 Å². The highest BCUT2D eigenvalue weighted by Crippen LogP contribution is 2.21. The highest BCUT2D eigenvalue weighted by Gasteiger charge is 2.08. The van der Waals surface area contributed by atoms with Crippen LogP contribution in [0.2, 0.25) is 0 Å². The maximum Gasteiger partial charge on any atom is 0.274 e. The number of rotatable bonds is 4. The topological polar surface area (TPSA) is 81.5 Å². The van der Waals surface area contributed by atoms with Gasteiger partial charge >= 0.3 is 0 Å². The van der Waals surface area contributed by atoms with E-state index in [0.717, 1.165) is 0 Å². The molecule has 0 spiro atoms. The van der Waals surface area contributed by atoms with Crippen molar-refractivity contribution in [2.45, 2.75) is 13.3 Å². The molecule has 6 heteroatoms. The van der Waals surface area contributed by atoms with Crippen molar-refractivity contribution in [3.63, 3.8) is 0 Å². The van der Waals surface area contributed by atoms with E-state index in [0.29, 0.717) is 24.3 Å². The summed E-state index contributed by atoms with van der Waals surface area (Å²) in [5.74, 6) is 5.91. The van der Waals surface area contributed by atoms with Gasteiger partial charge in [0, 0.05) is 31.5 Å². The molecule has 0 fully saturated rings. The Balaban J connectivity index is 2.77. The Morgan fingerprint density at radius 2 is 2.21 bits per heavy atom. The molecule has 1 rings (SSSR count). The number of hydrogen-bond donors (Lipinski definition) is 1. The molecule has 0 unspecified atom stereocenters. The largest absolute Gasteiger partial charge is 0.496 e. The van der Waals surface area contributed by atoms with E-state index in [9.17, 15) is 14.9 Å². The Bertz CT molecular complexity index is 543. The molecule has 0 bridgehead atoms. The fourth-order valence-electron chi connectivity index (χ4n) is 1.34. The zero-order valence-electron chi connectivity index (χ0n) is 10.7. The first kappa shape index (κ1) is 14.5. The maximum absolute atomic E-state index is 10.7. The Hall–Kier alpha value is -2.55. The average molecular weight is 262 g/mol. The standard InChI is InChI=1S/C13H14N2O4/c1-10(16)14-6-4-3-5-11-7-12(15(17)18)9-13(8-11)19-2/h7-9H,4,6H2,1-2H3,(H,14,16). The van der Waals surface area contributed by atoms with Crippen molar-refractivity contribution < 1.29 is 14.5 Å². The molecule has 0 saturated carbocycles. The predicted octanol–water partition coefficient (Wildman–Crippen LogP) is 1.48. The van der Waals surface area contributed by atoms with Gasteiger partial charge in [0.05, 0.1) is 18.1 Å². The van der Waals surface area contributed by atoms with Gasteiger partial charge in [-0.2, -0.15) is 0 Å². The number of hydrogen-bond acceptors (Lipinski definition) is 4. The van der Waals surface area contributed by atoms with Crippen molar-refractivity contribution in [2.24, 2.45) is 0 Å². The molecule has 1 amide bonds. The van der Waals surface area contributed by atoms with Gasteiger partial charge in [0.1, 0.15) is 5.75 Å². The van der Waals surface area contributed by atoms with E-state index in [4.69, 9.17) is 4.74 Å². The Labute approximate surface area is 110 Å². The Morgan fingerprint density at radius 1 is 1.47 bits per heavy atom. The van der Waals surface area contributed by atoms with E-state index < -0.39 is 4.92 Å². The molecule has 1 aromatic carbocycles. The zero-order valence-corrected chi connectivity index (χ0v) is 10.7. The quantitative estimate of drug-likeness (QED) is 0.385. The molecule has 0 aliphatic carbocycles. The Morgan fingerprint density at radius 3 is 2.79 bits per heavy atom. The van der Waals surface area contributed by atoms with Crippen LogP contribution >= 0.6 is 0 Å². The van der Waals surface area contributed by atoms with Crippen LogP contribution in [0.1, 0.15) is 18.9 Å². The summed E-state index contributed by atoms with van der Waals surface area (Å²) in [6.45, 7) is 1.88. The molecule has 0 aliphatic rings. The number of amides is 1. The third kappa shape index (κ3) is 5.08. The van der Waals surface area contributed by atoms with E-state index in [1.807, 2.05) is 0 Å². The van der Waals surface area contributed by atoms with Crippen molar-refractivity contribution >= 4 is 11.6 Å². The van der Waals surface area contributed by atoms with E-state index in [1.165, 1.54) is 26.2 Å². The van der Waals surface area contributed by atoms with Crippen LogP contribution in [0, 0.1) is 22.0 Å². The molecule has 0 aromatic heterocycles. The number of carbonyl (C=O) groups is 1. The number of methoxy groups -OCH3 is 1. The number of nitrogens with zero attached hydrogens (tertiary/aromatic N) is 1. The molecule has 0 atom stereocenters. The minimum Gasteiger partial charge on any atom is -0.496 e. The van der Waals surface area contributed by atoms with Gasteiger partial charge in [0.25, 0.3) is 5.69 Å². The second-order valence-corrected chi connectivity index (χ2v) is 3.71. The van der Waals surface area contributed by atoms with E-state index in [-0.39, 0.29) is 11.6 Å². The van der Waals surface area contributed by atoms with Gasteiger partial charge in [0.15, 0.2) is 0 Å². The summed E-state index contributed by atoms with van der Waals surface area (Å²) in [6.07, 6.45) is 0.477. The van der Waals surface area contributed by atoms with E-state index in [1.54, 1.807) is 6.07 Å². The van der Waals surface area contributed by atoms with Crippen LogP contribution in [0.4, 0.5) is 5.69 Å². The van der Waals surface area contributed by atoms with Crippen molar-refractivity contribution in [3.05, 3.63) is 33.9 Å². The van der Waals surface area contributed by atoms with Crippen LogP contribution in [-0.4, -0.2) is 24.5 Å². The number of carbonyl (C=O) groups excluding carboxylic acids is 1. The lowest BCUT2D eigenvalue weighted by atomic mass is 10.2. The minimum atomic E-state index is -0.495. The molecular formula is C13H14N2O4. The van der Waals surface area contributed by atoms with Gasteiger partial charge in [-0.3, -0.25) is 14.9 Å². The maximum atomic E-state index is 10.7. The first-order valence-corrected chi connectivity index (χ1v) is 5.59. The number of benzene rings is 1. The lowest BCUT2D eigenvalue weighted by Crippen LogP contribution is -2.20. The van der Waals surface area contributed by atoms with Gasteiger partial charge < -0.3 is 10.1 Å². The summed E-state index contributed by atoms with van der Waals surface area (Å²) in [6, 6.07) is 4.34. The monoisotopic (exact) mass is 262 g/mol. The van der Waals surface area contributed by atoms with Crippen LogP contribution in [0.3, 0.4) is 0 Å². The SMILES string of the molecule is COc1cc(C#CCCNC(C)=O)cc([N+](=O)[O-])c1. The van der Waals surface area contributed by atoms with Crippen molar-refractivity contribution in [1.82, 2.24) is 5.32 Å². The van der Waals surface area contributed by atoms with Gasteiger partial charge in [0.2, 0.25) is 5.91 Å². The van der Waals surface area contributed by atoms with Crippen molar-refractivity contribution in [3.8, 4) is 17.6 Å². The first-order chi connectivity index (χ1) is 9.02. The number of nitro groups is 1. The molecule has 100 valence electrons. The molecule has 1 N–H and O–H groups in total. The molecule has 6 nitrogen and oxygen atoms in total. The highest BCUT2D eigenvalue weighted by molar-refractivity contribution is 5.72. The molecule has 0 saturated heterocycles. The summed E-state index contributed by atoms with van der Waals surface area (Å²) < 4.78 is 4.98. The second-order valence-electron chi connectivity index (χ2n) is 3.71. The van der Waals surface area contributed by atoms with Crippen LogP contribution in [0.25, 0.3) is 0 Å². The smallest absolute Gasteiger partial charge is 0.274 e. The number of non-ortho nitro benzene ring substituents is 1. The highest BCUT2D eigenvalue weighted by atomic mass is 16.6. The van der Waals surface area contributed by atoms with E-state index >= 15 is 0 Å². The van der Waals surface area contributed by atoms with Gasteiger partial charge in [-0.15, -0.1) is 0 Å².